The van der Waals surface area contributed by atoms with Gasteiger partial charge in [0.25, 0.3) is 23.6 Å². The Kier molecular flexibility index (Phi) is 17.7. The molecule has 5 aromatic carbocycles. The van der Waals surface area contributed by atoms with Crippen LogP contribution in [0.1, 0.15) is 195 Å². The molecule has 2 aliphatic rings. The number of benzene rings is 5. The second-order valence-corrected chi connectivity index (χ2v) is 18.1. The number of carbonyl (C=O) groups excluding carboxylic acids is 4. The van der Waals surface area contributed by atoms with Crippen molar-refractivity contribution in [2.24, 2.45) is 10.2 Å². The summed E-state index contributed by atoms with van der Waals surface area (Å²) in [5.41, 5.74) is 11.6. The lowest BCUT2D eigenvalue weighted by Gasteiger charge is -2.27. The van der Waals surface area contributed by atoms with E-state index in [9.17, 15) is 19.2 Å². The minimum absolute atomic E-state index is 0.233. The largest absolute Gasteiger partial charge is 0.278 e. The first-order valence-corrected chi connectivity index (χ1v) is 24.9. The molecule has 0 fully saturated rings. The predicted molar refractivity (Wildman–Crippen MR) is 271 cm³/mol. The minimum atomic E-state index is -0.233. The van der Waals surface area contributed by atoms with E-state index < -0.39 is 0 Å². The highest BCUT2D eigenvalue weighted by Crippen LogP contribution is 2.36. The molecule has 4 amide bonds. The van der Waals surface area contributed by atoms with Crippen LogP contribution in [0.15, 0.2) is 95.1 Å². The molecule has 2 aliphatic heterocycles. The predicted octanol–water partition coefficient (Wildman–Crippen LogP) is 13.9. The molecule has 66 heavy (non-hydrogen) atoms. The number of unbranched alkanes of at least 4 members (excludes halogenated alkanes) is 18. The molecule has 7 rings (SSSR count). The normalized spacial score (nSPS) is 13.7. The Hall–Kier alpha value is -6.16. The Labute approximate surface area is 391 Å². The molecule has 2 N–H and O–H groups in total. The van der Waals surface area contributed by atoms with Gasteiger partial charge in [-0.05, 0) is 60.4 Å². The van der Waals surface area contributed by atoms with Crippen LogP contribution in [0.25, 0.3) is 21.5 Å². The second-order valence-electron chi connectivity index (χ2n) is 18.1. The molecule has 0 aromatic heterocycles. The van der Waals surface area contributed by atoms with Crippen molar-refractivity contribution in [1.29, 1.82) is 0 Å². The molecular weight excluding hydrogens is 821 g/mol. The zero-order chi connectivity index (χ0) is 46.1. The molecule has 2 heterocycles. The van der Waals surface area contributed by atoms with Gasteiger partial charge in [-0.2, -0.15) is 10.2 Å². The molecule has 0 bridgehead atoms. The lowest BCUT2D eigenvalue weighted by Crippen LogP contribution is -2.40. The lowest BCUT2D eigenvalue weighted by atomic mass is 9.93. The molecule has 0 saturated carbocycles. The van der Waals surface area contributed by atoms with Crippen molar-refractivity contribution in [3.8, 4) is 0 Å². The van der Waals surface area contributed by atoms with Gasteiger partial charge >= 0.3 is 0 Å². The molecule has 346 valence electrons. The van der Waals surface area contributed by atoms with Gasteiger partial charge in [0.1, 0.15) is 0 Å². The Morgan fingerprint density at radius 2 is 0.712 bits per heavy atom. The fourth-order valence-electron chi connectivity index (χ4n) is 9.43. The van der Waals surface area contributed by atoms with E-state index in [1.807, 2.05) is 72.8 Å². The first-order chi connectivity index (χ1) is 32.4. The zero-order valence-electron chi connectivity index (χ0n) is 39.2. The van der Waals surface area contributed by atoms with Crippen molar-refractivity contribution in [2.45, 2.75) is 142 Å². The average Bonchev–Trinajstić information content (AvgIpc) is 3.33. The number of anilines is 2. The summed E-state index contributed by atoms with van der Waals surface area (Å²) in [6, 6.07) is 26.2. The number of carbonyl (C=O) groups is 4. The van der Waals surface area contributed by atoms with E-state index in [1.165, 1.54) is 99.7 Å². The number of hydrogen-bond acceptors (Lipinski definition) is 8. The first kappa shape index (κ1) is 47.8. The summed E-state index contributed by atoms with van der Waals surface area (Å²) in [6.07, 6.45) is 27.3. The zero-order valence-corrected chi connectivity index (χ0v) is 39.2. The Bertz CT molecular complexity index is 2310. The maximum atomic E-state index is 13.6. The molecule has 5 aromatic rings. The van der Waals surface area contributed by atoms with Crippen LogP contribution in [-0.4, -0.2) is 58.9 Å². The summed E-state index contributed by atoms with van der Waals surface area (Å²) in [6.45, 7) is 5.35. The third kappa shape index (κ3) is 11.8. The SMILES string of the molecule is CCCCCCCCCCCCN1C(=O)c2cccc3c(N/N=C/c4ccc(/C=N/Nc5ccc6c7c(cccc57)C(=O)N(CCCCCCCCCCCC)C6=O)cc4)ccc(c23)C1=O. The maximum Gasteiger partial charge on any atom is 0.261 e. The van der Waals surface area contributed by atoms with Crippen LogP contribution >= 0.6 is 0 Å². The molecule has 0 unspecified atom stereocenters. The molecule has 0 spiro atoms. The summed E-state index contributed by atoms with van der Waals surface area (Å²) in [7, 11) is 0. The fraction of sp³-hybridized carbons (Fsp3) is 0.429. The molecule has 10 heteroatoms. The number of amides is 4. The van der Waals surface area contributed by atoms with Gasteiger partial charge in [-0.25, -0.2) is 0 Å². The van der Waals surface area contributed by atoms with Crippen LogP contribution in [0.4, 0.5) is 11.4 Å². The monoisotopic (exact) mass is 889 g/mol. The van der Waals surface area contributed by atoms with Crippen LogP contribution in [0.2, 0.25) is 0 Å². The maximum absolute atomic E-state index is 13.6. The molecule has 0 radical (unpaired) electrons. The number of nitrogens with zero attached hydrogens (tertiary/aromatic N) is 4. The summed E-state index contributed by atoms with van der Waals surface area (Å²) >= 11 is 0. The molecular formula is C56H68N6O4. The van der Waals surface area contributed by atoms with Crippen LogP contribution in [0, 0.1) is 0 Å². The third-order valence-electron chi connectivity index (χ3n) is 13.2. The van der Waals surface area contributed by atoms with E-state index >= 15 is 0 Å². The summed E-state index contributed by atoms with van der Waals surface area (Å²) < 4.78 is 0. The van der Waals surface area contributed by atoms with Gasteiger partial charge in [-0.3, -0.25) is 39.8 Å². The lowest BCUT2D eigenvalue weighted by molar-refractivity contribution is 0.0592. The van der Waals surface area contributed by atoms with Crippen LogP contribution < -0.4 is 10.9 Å². The van der Waals surface area contributed by atoms with Crippen molar-refractivity contribution in [2.75, 3.05) is 23.9 Å². The number of hydrazone groups is 2. The number of imide groups is 2. The highest BCUT2D eigenvalue weighted by Gasteiger charge is 2.34. The van der Waals surface area contributed by atoms with E-state index in [0.717, 1.165) is 60.4 Å². The van der Waals surface area contributed by atoms with E-state index in [-0.39, 0.29) is 23.6 Å². The van der Waals surface area contributed by atoms with Crippen LogP contribution in [0.5, 0.6) is 0 Å². The second kappa shape index (κ2) is 24.4. The Morgan fingerprint density at radius 3 is 1.06 bits per heavy atom. The minimum Gasteiger partial charge on any atom is -0.278 e. The van der Waals surface area contributed by atoms with Gasteiger partial charge in [0.15, 0.2) is 0 Å². The van der Waals surface area contributed by atoms with Gasteiger partial charge in [-0.15, -0.1) is 0 Å². The quantitative estimate of drug-likeness (QED) is 0.0223. The topological polar surface area (TPSA) is 124 Å². The van der Waals surface area contributed by atoms with Crippen LogP contribution in [-0.2, 0) is 0 Å². The molecule has 0 aliphatic carbocycles. The summed E-state index contributed by atoms with van der Waals surface area (Å²) in [4.78, 5) is 57.2. The first-order valence-electron chi connectivity index (χ1n) is 24.9. The summed E-state index contributed by atoms with van der Waals surface area (Å²) in [5, 5.41) is 11.9. The van der Waals surface area contributed by atoms with E-state index in [0.29, 0.717) is 57.5 Å². The molecule has 10 nitrogen and oxygen atoms in total. The van der Waals surface area contributed by atoms with Gasteiger partial charge in [-0.1, -0.05) is 178 Å². The molecule has 0 saturated heterocycles. The van der Waals surface area contributed by atoms with Crippen LogP contribution in [0.3, 0.4) is 0 Å². The van der Waals surface area contributed by atoms with Crippen molar-refractivity contribution < 1.29 is 19.2 Å². The molecule has 0 atom stereocenters. The van der Waals surface area contributed by atoms with Crippen molar-refractivity contribution in [1.82, 2.24) is 9.80 Å². The van der Waals surface area contributed by atoms with Gasteiger partial charge in [0.2, 0.25) is 0 Å². The van der Waals surface area contributed by atoms with Gasteiger partial charge in [0.05, 0.1) is 23.8 Å². The summed E-state index contributed by atoms with van der Waals surface area (Å²) in [5.74, 6) is -0.933. The fourth-order valence-corrected chi connectivity index (χ4v) is 9.43. The standard InChI is InChI=1S/C56H68N6O4/c1-3-5-7-9-11-13-15-17-19-21-37-61-53(63)45-27-23-25-43-49(35-33-47(51(43)45)55(61)65)59-57-39-41-29-31-42(32-30-41)40-58-60-50-36-34-48-52-44(50)26-24-28-46(52)54(64)62(56(48)66)38-22-20-18-16-14-12-10-8-6-4-2/h23-36,39-40,59-60H,3-22,37-38H2,1-2H3/b57-39+,58-40+. The number of hydrogen-bond donors (Lipinski definition) is 2. The van der Waals surface area contributed by atoms with Crippen molar-refractivity contribution in [3.05, 3.63) is 118 Å². The van der Waals surface area contributed by atoms with Crippen molar-refractivity contribution >= 4 is 69.0 Å². The van der Waals surface area contributed by atoms with E-state index in [1.54, 1.807) is 24.6 Å². The van der Waals surface area contributed by atoms with Gasteiger partial charge in [0, 0.05) is 56.9 Å². The smallest absolute Gasteiger partial charge is 0.261 e. The highest BCUT2D eigenvalue weighted by atomic mass is 16.2. The number of rotatable bonds is 28. The van der Waals surface area contributed by atoms with E-state index in [4.69, 9.17) is 0 Å². The van der Waals surface area contributed by atoms with E-state index in [2.05, 4.69) is 34.9 Å². The van der Waals surface area contributed by atoms with Crippen molar-refractivity contribution in [3.63, 3.8) is 0 Å². The Balaban J connectivity index is 0.895. The third-order valence-corrected chi connectivity index (χ3v) is 13.2. The Morgan fingerprint density at radius 1 is 0.394 bits per heavy atom. The average molecular weight is 889 g/mol. The number of nitrogens with one attached hydrogen (secondary N) is 2. The van der Waals surface area contributed by atoms with Gasteiger partial charge < -0.3 is 0 Å². The highest BCUT2D eigenvalue weighted by molar-refractivity contribution is 6.28.